The monoisotopic (exact) mass is 264 g/mol. The quantitative estimate of drug-likeness (QED) is 0.843. The molecule has 1 amide bonds. The van der Waals surface area contributed by atoms with Crippen LogP contribution in [-0.2, 0) is 24.3 Å². The summed E-state index contributed by atoms with van der Waals surface area (Å²) in [5, 5.41) is 4.49. The van der Waals surface area contributed by atoms with Crippen molar-refractivity contribution in [1.82, 2.24) is 14.7 Å². The van der Waals surface area contributed by atoms with Gasteiger partial charge in [0.2, 0.25) is 0 Å². The Morgan fingerprint density at radius 2 is 2.16 bits per heavy atom. The summed E-state index contributed by atoms with van der Waals surface area (Å²) < 4.78 is 7.38. The Morgan fingerprint density at radius 1 is 1.37 bits per heavy atom. The largest absolute Gasteiger partial charge is 0.376 e. The molecule has 1 aromatic rings. The van der Waals surface area contributed by atoms with Gasteiger partial charge in [0.05, 0.1) is 19.8 Å². The molecule has 0 unspecified atom stereocenters. The molecular formula is C13H20N4O2. The fourth-order valence-corrected chi connectivity index (χ4v) is 2.86. The molecule has 1 aromatic heterocycles. The molecule has 0 atom stereocenters. The summed E-state index contributed by atoms with van der Waals surface area (Å²) in [5.41, 5.74) is 8.28. The van der Waals surface area contributed by atoms with E-state index in [4.69, 9.17) is 10.5 Å². The normalized spacial score (nSPS) is 18.7. The van der Waals surface area contributed by atoms with Crippen molar-refractivity contribution in [3.8, 4) is 0 Å². The van der Waals surface area contributed by atoms with Crippen LogP contribution >= 0.6 is 0 Å². The third kappa shape index (κ3) is 2.26. The molecule has 1 fully saturated rings. The van der Waals surface area contributed by atoms with E-state index in [0.717, 1.165) is 43.6 Å². The maximum atomic E-state index is 12.5. The minimum Gasteiger partial charge on any atom is -0.376 e. The van der Waals surface area contributed by atoms with Crippen LogP contribution < -0.4 is 5.73 Å². The van der Waals surface area contributed by atoms with Crippen molar-refractivity contribution in [1.29, 1.82) is 0 Å². The minimum atomic E-state index is 0.0509. The zero-order chi connectivity index (χ0) is 13.2. The van der Waals surface area contributed by atoms with Crippen LogP contribution in [0.25, 0.3) is 0 Å². The number of carbonyl (C=O) groups excluding carboxylic acids is 1. The van der Waals surface area contributed by atoms with Crippen molar-refractivity contribution >= 4 is 5.91 Å². The van der Waals surface area contributed by atoms with Crippen molar-refractivity contribution < 1.29 is 9.53 Å². The van der Waals surface area contributed by atoms with Gasteiger partial charge >= 0.3 is 0 Å². The lowest BCUT2D eigenvalue weighted by atomic mass is 10.1. The number of rotatable bonds is 3. The van der Waals surface area contributed by atoms with Gasteiger partial charge in [-0.25, -0.2) is 0 Å². The lowest BCUT2D eigenvalue weighted by Crippen LogP contribution is -2.29. The maximum absolute atomic E-state index is 12.5. The lowest BCUT2D eigenvalue weighted by Gasteiger charge is -2.17. The Hall–Kier alpha value is -1.40. The molecule has 2 aliphatic heterocycles. The van der Waals surface area contributed by atoms with Crippen LogP contribution in [0.2, 0.25) is 0 Å². The first kappa shape index (κ1) is 12.6. The predicted octanol–water partition coefficient (Wildman–Crippen LogP) is 0.150. The smallest absolute Gasteiger partial charge is 0.274 e. The second-order valence-corrected chi connectivity index (χ2v) is 5.09. The van der Waals surface area contributed by atoms with Gasteiger partial charge in [-0.15, -0.1) is 0 Å². The summed E-state index contributed by atoms with van der Waals surface area (Å²) >= 11 is 0. The van der Waals surface area contributed by atoms with Crippen LogP contribution in [0.1, 0.15) is 34.6 Å². The maximum Gasteiger partial charge on any atom is 0.274 e. The molecule has 6 nitrogen and oxygen atoms in total. The summed E-state index contributed by atoms with van der Waals surface area (Å²) in [6, 6.07) is 0. The van der Waals surface area contributed by atoms with E-state index >= 15 is 0 Å². The molecule has 2 N–H and O–H groups in total. The van der Waals surface area contributed by atoms with E-state index in [2.05, 4.69) is 5.10 Å². The SMILES string of the molecule is NCCn1nc(C(=O)N2CCCC2)c2c1CCOC2. The van der Waals surface area contributed by atoms with Crippen LogP contribution in [0, 0.1) is 0 Å². The van der Waals surface area contributed by atoms with Gasteiger partial charge in [0.15, 0.2) is 5.69 Å². The molecule has 0 bridgehead atoms. The van der Waals surface area contributed by atoms with Crippen molar-refractivity contribution in [3.05, 3.63) is 17.0 Å². The minimum absolute atomic E-state index is 0.0509. The van der Waals surface area contributed by atoms with Crippen molar-refractivity contribution in [2.24, 2.45) is 5.73 Å². The van der Waals surface area contributed by atoms with Gasteiger partial charge in [-0.3, -0.25) is 9.48 Å². The molecule has 3 rings (SSSR count). The average Bonchev–Trinajstić information content (AvgIpc) is 3.07. The highest BCUT2D eigenvalue weighted by Crippen LogP contribution is 2.23. The molecule has 0 radical (unpaired) electrons. The molecule has 0 aliphatic carbocycles. The van der Waals surface area contributed by atoms with Crippen LogP contribution in [0.3, 0.4) is 0 Å². The Morgan fingerprint density at radius 3 is 2.89 bits per heavy atom. The van der Waals surface area contributed by atoms with Crippen molar-refractivity contribution in [3.63, 3.8) is 0 Å². The van der Waals surface area contributed by atoms with E-state index in [9.17, 15) is 4.79 Å². The van der Waals surface area contributed by atoms with Crippen LogP contribution in [0.15, 0.2) is 0 Å². The summed E-state index contributed by atoms with van der Waals surface area (Å²) in [5.74, 6) is 0.0509. The van der Waals surface area contributed by atoms with Crippen molar-refractivity contribution in [2.75, 3.05) is 26.2 Å². The third-order valence-corrected chi connectivity index (χ3v) is 3.83. The molecule has 0 aromatic carbocycles. The topological polar surface area (TPSA) is 73.4 Å². The molecular weight excluding hydrogens is 244 g/mol. The zero-order valence-electron chi connectivity index (χ0n) is 11.1. The Labute approximate surface area is 112 Å². The van der Waals surface area contributed by atoms with Gasteiger partial charge < -0.3 is 15.4 Å². The fourth-order valence-electron chi connectivity index (χ4n) is 2.86. The van der Waals surface area contributed by atoms with E-state index in [1.54, 1.807) is 0 Å². The number of nitrogens with zero attached hydrogens (tertiary/aromatic N) is 3. The van der Waals surface area contributed by atoms with E-state index in [-0.39, 0.29) is 5.91 Å². The highest BCUT2D eigenvalue weighted by atomic mass is 16.5. The van der Waals surface area contributed by atoms with E-state index in [1.807, 2.05) is 9.58 Å². The molecule has 19 heavy (non-hydrogen) atoms. The third-order valence-electron chi connectivity index (χ3n) is 3.83. The van der Waals surface area contributed by atoms with Gasteiger partial charge in [0.25, 0.3) is 5.91 Å². The summed E-state index contributed by atoms with van der Waals surface area (Å²) in [4.78, 5) is 14.4. The second kappa shape index (κ2) is 5.30. The van der Waals surface area contributed by atoms with Crippen molar-refractivity contribution in [2.45, 2.75) is 32.4 Å². The van der Waals surface area contributed by atoms with Gasteiger partial charge in [0.1, 0.15) is 0 Å². The first-order valence-electron chi connectivity index (χ1n) is 6.97. The van der Waals surface area contributed by atoms with Gasteiger partial charge in [-0.2, -0.15) is 5.10 Å². The summed E-state index contributed by atoms with van der Waals surface area (Å²) in [6.45, 7) is 4.08. The Kier molecular flexibility index (Phi) is 3.52. The summed E-state index contributed by atoms with van der Waals surface area (Å²) in [7, 11) is 0. The first-order valence-corrected chi connectivity index (χ1v) is 6.97. The second-order valence-electron chi connectivity index (χ2n) is 5.09. The van der Waals surface area contributed by atoms with E-state index in [0.29, 0.717) is 32.0 Å². The first-order chi connectivity index (χ1) is 9.31. The predicted molar refractivity (Wildman–Crippen MR) is 69.8 cm³/mol. The van der Waals surface area contributed by atoms with E-state index in [1.165, 1.54) is 0 Å². The van der Waals surface area contributed by atoms with E-state index < -0.39 is 0 Å². The number of nitrogens with two attached hydrogens (primary N) is 1. The highest BCUT2D eigenvalue weighted by Gasteiger charge is 2.29. The number of likely N-dealkylation sites (tertiary alicyclic amines) is 1. The van der Waals surface area contributed by atoms with Crippen LogP contribution in [0.5, 0.6) is 0 Å². The summed E-state index contributed by atoms with van der Waals surface area (Å²) in [6.07, 6.45) is 3.00. The fraction of sp³-hybridized carbons (Fsp3) is 0.692. The molecule has 6 heteroatoms. The Bertz CT molecular complexity index is 477. The van der Waals surface area contributed by atoms with Crippen LogP contribution in [-0.4, -0.2) is 46.8 Å². The number of carbonyl (C=O) groups is 1. The average molecular weight is 264 g/mol. The zero-order valence-corrected chi connectivity index (χ0v) is 11.1. The molecule has 104 valence electrons. The molecule has 0 saturated carbocycles. The number of ether oxygens (including phenoxy) is 1. The van der Waals surface area contributed by atoms with Gasteiger partial charge in [-0.1, -0.05) is 0 Å². The molecule has 0 spiro atoms. The number of aromatic nitrogens is 2. The lowest BCUT2D eigenvalue weighted by molar-refractivity contribution is 0.0772. The standard InChI is InChI=1S/C13H20N4O2/c14-4-7-17-11-3-8-19-9-10(11)12(15-17)13(18)16-5-1-2-6-16/h1-9,14H2. The highest BCUT2D eigenvalue weighted by molar-refractivity contribution is 5.94. The number of hydrogen-bond acceptors (Lipinski definition) is 4. The number of hydrogen-bond donors (Lipinski definition) is 1. The van der Waals surface area contributed by atoms with Gasteiger partial charge in [-0.05, 0) is 12.8 Å². The molecule has 2 aliphatic rings. The van der Waals surface area contributed by atoms with Gasteiger partial charge in [0, 0.05) is 37.3 Å². The molecule has 3 heterocycles. The number of amides is 1. The van der Waals surface area contributed by atoms with Crippen LogP contribution in [0.4, 0.5) is 0 Å². The Balaban J connectivity index is 1.93. The molecule has 1 saturated heterocycles. The number of fused-ring (bicyclic) bond motifs is 1.